The van der Waals surface area contributed by atoms with Gasteiger partial charge in [-0.25, -0.2) is 8.42 Å². The highest BCUT2D eigenvalue weighted by molar-refractivity contribution is 7.90. The first-order valence-corrected chi connectivity index (χ1v) is 11.6. The molecule has 0 N–H and O–H groups in total. The van der Waals surface area contributed by atoms with Crippen LogP contribution in [0.5, 0.6) is 0 Å². The maximum absolute atomic E-state index is 11.6. The summed E-state index contributed by atoms with van der Waals surface area (Å²) in [6, 6.07) is 7.20. The Labute approximate surface area is 153 Å². The fraction of sp³-hybridized carbons (Fsp3) is 0.700. The summed E-state index contributed by atoms with van der Waals surface area (Å²) in [6.07, 6.45) is 5.93. The van der Waals surface area contributed by atoms with Crippen LogP contribution in [0.15, 0.2) is 18.2 Å². The van der Waals surface area contributed by atoms with Gasteiger partial charge in [-0.1, -0.05) is 12.1 Å². The topological polar surface area (TPSA) is 40.6 Å². The van der Waals surface area contributed by atoms with E-state index in [0.717, 1.165) is 39.0 Å². The zero-order valence-electron chi connectivity index (χ0n) is 15.9. The first-order chi connectivity index (χ1) is 11.8. The Balaban J connectivity index is 1.57. The van der Waals surface area contributed by atoms with Crippen molar-refractivity contribution in [1.29, 1.82) is 0 Å². The lowest BCUT2D eigenvalue weighted by Gasteiger charge is -2.43. The fourth-order valence-corrected chi connectivity index (χ4v) is 5.67. The summed E-state index contributed by atoms with van der Waals surface area (Å²) in [5.74, 6) is 0.672. The van der Waals surface area contributed by atoms with E-state index in [1.54, 1.807) is 0 Å². The van der Waals surface area contributed by atoms with Crippen molar-refractivity contribution in [1.82, 2.24) is 4.90 Å². The zero-order chi connectivity index (χ0) is 18.0. The smallest absolute Gasteiger partial charge is 0.147 e. The summed E-state index contributed by atoms with van der Waals surface area (Å²) in [7, 11) is -2.87. The predicted molar refractivity (Wildman–Crippen MR) is 105 cm³/mol. The van der Waals surface area contributed by atoms with Gasteiger partial charge in [0.25, 0.3) is 0 Å². The average Bonchev–Trinajstić information content (AvgIpc) is 2.56. The molecule has 0 bridgehead atoms. The number of hydrogen-bond donors (Lipinski definition) is 0. The molecule has 1 aromatic carbocycles. The molecule has 0 aromatic heterocycles. The molecule has 2 aliphatic rings. The molecule has 2 fully saturated rings. The van der Waals surface area contributed by atoms with Gasteiger partial charge in [0.15, 0.2) is 0 Å². The molecule has 1 aromatic rings. The molecule has 0 saturated carbocycles. The molecular formula is C20H32N2O2S. The number of likely N-dealkylation sites (tertiary alicyclic amines) is 1. The van der Waals surface area contributed by atoms with E-state index in [1.807, 2.05) is 0 Å². The van der Waals surface area contributed by atoms with E-state index in [2.05, 4.69) is 41.8 Å². The van der Waals surface area contributed by atoms with E-state index in [0.29, 0.717) is 17.7 Å². The van der Waals surface area contributed by atoms with E-state index < -0.39 is 9.84 Å². The van der Waals surface area contributed by atoms with Gasteiger partial charge in [0.05, 0.1) is 5.75 Å². The lowest BCUT2D eigenvalue weighted by Crippen LogP contribution is -2.49. The third kappa shape index (κ3) is 4.76. The molecule has 140 valence electrons. The van der Waals surface area contributed by atoms with E-state index in [1.165, 1.54) is 35.9 Å². The highest BCUT2D eigenvalue weighted by Crippen LogP contribution is 2.29. The van der Waals surface area contributed by atoms with Gasteiger partial charge in [-0.3, -0.25) is 4.90 Å². The van der Waals surface area contributed by atoms with Crippen LogP contribution in [-0.2, 0) is 9.84 Å². The van der Waals surface area contributed by atoms with Crippen LogP contribution in [0.3, 0.4) is 0 Å². The quantitative estimate of drug-likeness (QED) is 0.823. The Kier molecular flexibility index (Phi) is 5.74. The summed E-state index contributed by atoms with van der Waals surface area (Å²) in [4.78, 5) is 5.09. The predicted octanol–water partition coefficient (Wildman–Crippen LogP) is 3.03. The highest BCUT2D eigenvalue weighted by Gasteiger charge is 2.30. The normalized spacial score (nSPS) is 23.8. The first kappa shape index (κ1) is 18.7. The lowest BCUT2D eigenvalue weighted by molar-refractivity contribution is 0.113. The number of rotatable bonds is 4. The summed E-state index contributed by atoms with van der Waals surface area (Å²) in [6.45, 7) is 8.69. The minimum Gasteiger partial charge on any atom is -0.371 e. The number of aryl methyl sites for hydroxylation is 1. The Morgan fingerprint density at radius 2 is 1.80 bits per heavy atom. The molecule has 0 spiro atoms. The Bertz CT molecular complexity index is 694. The first-order valence-electron chi connectivity index (χ1n) is 9.56. The van der Waals surface area contributed by atoms with Gasteiger partial charge in [-0.05, 0) is 69.2 Å². The van der Waals surface area contributed by atoms with Gasteiger partial charge in [0, 0.05) is 37.6 Å². The third-order valence-corrected chi connectivity index (χ3v) is 7.06. The number of benzene rings is 1. The van der Waals surface area contributed by atoms with Crippen molar-refractivity contribution in [3.8, 4) is 0 Å². The third-order valence-electron chi connectivity index (χ3n) is 5.99. The number of piperidine rings is 2. The standard InChI is InChI=1S/C20H32N2O2S/c1-16-6-4-8-20(17(16)2)21-12-9-19(10-13-21)22-11-5-7-18(14-22)15-25(3,23)24/h4,6,8,18-19H,5,7,9-15H2,1-3H3. The summed E-state index contributed by atoms with van der Waals surface area (Å²) in [5.41, 5.74) is 4.14. The van der Waals surface area contributed by atoms with E-state index >= 15 is 0 Å². The summed E-state index contributed by atoms with van der Waals surface area (Å²) >= 11 is 0. The number of nitrogens with zero attached hydrogens (tertiary/aromatic N) is 2. The second-order valence-corrected chi connectivity index (χ2v) is 10.2. The molecule has 25 heavy (non-hydrogen) atoms. The van der Waals surface area contributed by atoms with Gasteiger partial charge < -0.3 is 4.90 Å². The van der Waals surface area contributed by atoms with Gasteiger partial charge in [0.1, 0.15) is 9.84 Å². The monoisotopic (exact) mass is 364 g/mol. The average molecular weight is 365 g/mol. The minimum absolute atomic E-state index is 0.320. The number of sulfone groups is 1. The maximum atomic E-state index is 11.6. The molecule has 3 rings (SSSR count). The van der Waals surface area contributed by atoms with Gasteiger partial charge in [-0.15, -0.1) is 0 Å². The summed E-state index contributed by atoms with van der Waals surface area (Å²) < 4.78 is 23.2. The van der Waals surface area contributed by atoms with E-state index in [4.69, 9.17) is 0 Å². The molecule has 0 aliphatic carbocycles. The van der Waals surface area contributed by atoms with Crippen LogP contribution in [0, 0.1) is 19.8 Å². The highest BCUT2D eigenvalue weighted by atomic mass is 32.2. The van der Waals surface area contributed by atoms with Crippen molar-refractivity contribution in [2.24, 2.45) is 5.92 Å². The molecule has 4 nitrogen and oxygen atoms in total. The minimum atomic E-state index is -2.87. The molecule has 1 unspecified atom stereocenters. The van der Waals surface area contributed by atoms with Crippen LogP contribution in [0.25, 0.3) is 0 Å². The Hall–Kier alpha value is -1.07. The van der Waals surface area contributed by atoms with Crippen LogP contribution < -0.4 is 4.90 Å². The molecule has 5 heteroatoms. The lowest BCUT2D eigenvalue weighted by atomic mass is 9.94. The van der Waals surface area contributed by atoms with Crippen molar-refractivity contribution in [2.75, 3.05) is 43.1 Å². The Morgan fingerprint density at radius 3 is 2.48 bits per heavy atom. The van der Waals surface area contributed by atoms with Crippen molar-refractivity contribution < 1.29 is 8.42 Å². The second-order valence-electron chi connectivity index (χ2n) is 8.03. The molecule has 0 amide bonds. The fourth-order valence-electron chi connectivity index (χ4n) is 4.54. The van der Waals surface area contributed by atoms with Crippen LogP contribution in [0.4, 0.5) is 5.69 Å². The number of hydrogen-bond acceptors (Lipinski definition) is 4. The largest absolute Gasteiger partial charge is 0.371 e. The molecule has 2 aliphatic heterocycles. The van der Waals surface area contributed by atoms with Crippen LogP contribution in [0.1, 0.15) is 36.8 Å². The van der Waals surface area contributed by atoms with Gasteiger partial charge >= 0.3 is 0 Å². The van der Waals surface area contributed by atoms with Crippen LogP contribution in [-0.4, -0.2) is 57.5 Å². The molecule has 2 heterocycles. The molecular weight excluding hydrogens is 332 g/mol. The van der Waals surface area contributed by atoms with Crippen molar-refractivity contribution in [3.63, 3.8) is 0 Å². The van der Waals surface area contributed by atoms with Crippen LogP contribution in [0.2, 0.25) is 0 Å². The molecule has 1 atom stereocenters. The van der Waals surface area contributed by atoms with E-state index in [9.17, 15) is 8.42 Å². The van der Waals surface area contributed by atoms with Crippen molar-refractivity contribution >= 4 is 15.5 Å². The van der Waals surface area contributed by atoms with Crippen LogP contribution >= 0.6 is 0 Å². The van der Waals surface area contributed by atoms with E-state index in [-0.39, 0.29) is 0 Å². The van der Waals surface area contributed by atoms with Gasteiger partial charge in [0.2, 0.25) is 0 Å². The van der Waals surface area contributed by atoms with Crippen molar-refractivity contribution in [3.05, 3.63) is 29.3 Å². The summed E-state index contributed by atoms with van der Waals surface area (Å²) in [5, 5.41) is 0. The van der Waals surface area contributed by atoms with Crippen molar-refractivity contribution in [2.45, 2.75) is 45.6 Å². The maximum Gasteiger partial charge on any atom is 0.147 e. The molecule has 0 radical (unpaired) electrons. The second kappa shape index (κ2) is 7.67. The zero-order valence-corrected chi connectivity index (χ0v) is 16.7. The SMILES string of the molecule is Cc1cccc(N2CCC(N3CCCC(CS(C)(=O)=O)C3)CC2)c1C. The van der Waals surface area contributed by atoms with Gasteiger partial charge in [-0.2, -0.15) is 0 Å². The molecule has 2 saturated heterocycles. The Morgan fingerprint density at radius 1 is 1.08 bits per heavy atom. The number of anilines is 1.